The van der Waals surface area contributed by atoms with E-state index in [9.17, 15) is 4.79 Å². The Morgan fingerprint density at radius 3 is 2.74 bits per heavy atom. The summed E-state index contributed by atoms with van der Waals surface area (Å²) in [6, 6.07) is 8.32. The topological polar surface area (TPSA) is 95.6 Å². The van der Waals surface area contributed by atoms with Crippen molar-refractivity contribution in [3.63, 3.8) is 0 Å². The van der Waals surface area contributed by atoms with Crippen LogP contribution in [0.2, 0.25) is 0 Å². The van der Waals surface area contributed by atoms with E-state index < -0.39 is 0 Å². The monoisotopic (exact) mass is 556 g/mol. The van der Waals surface area contributed by atoms with Crippen molar-refractivity contribution in [2.45, 2.75) is 32.7 Å². The number of nitrogens with zero attached hydrogens (tertiary/aromatic N) is 3. The van der Waals surface area contributed by atoms with Crippen LogP contribution in [0.1, 0.15) is 30.2 Å². The van der Waals surface area contributed by atoms with Crippen molar-refractivity contribution < 1.29 is 4.79 Å². The van der Waals surface area contributed by atoms with Crippen LogP contribution in [0, 0.1) is 11.8 Å². The van der Waals surface area contributed by atoms with E-state index in [2.05, 4.69) is 56.0 Å². The van der Waals surface area contributed by atoms with Gasteiger partial charge in [-0.1, -0.05) is 19.1 Å². The summed E-state index contributed by atoms with van der Waals surface area (Å²) >= 11 is 1.80. The Bertz CT molecular complexity index is 836. The molecule has 9 heteroatoms. The number of nitrogens with one attached hydrogen (secondary N) is 2. The van der Waals surface area contributed by atoms with E-state index in [1.807, 2.05) is 12.3 Å². The maximum absolute atomic E-state index is 11.4. The van der Waals surface area contributed by atoms with Gasteiger partial charge in [0.05, 0.1) is 0 Å². The predicted molar refractivity (Wildman–Crippen MR) is 139 cm³/mol. The summed E-state index contributed by atoms with van der Waals surface area (Å²) in [7, 11) is 1.79. The van der Waals surface area contributed by atoms with Crippen molar-refractivity contribution in [1.29, 1.82) is 0 Å². The number of piperidine rings is 1. The van der Waals surface area contributed by atoms with Crippen LogP contribution in [0.4, 0.5) is 5.82 Å². The second kappa shape index (κ2) is 12.8. The largest absolute Gasteiger partial charge is 0.369 e. The number of halogens is 1. The zero-order valence-electron chi connectivity index (χ0n) is 18.2. The van der Waals surface area contributed by atoms with Gasteiger partial charge in [-0.15, -0.1) is 35.3 Å². The number of anilines is 1. The molecule has 0 spiro atoms. The van der Waals surface area contributed by atoms with E-state index >= 15 is 0 Å². The summed E-state index contributed by atoms with van der Waals surface area (Å²) in [5.74, 6) is 2.05. The van der Waals surface area contributed by atoms with Crippen LogP contribution < -0.4 is 21.3 Å². The molecule has 1 saturated heterocycles. The highest BCUT2D eigenvalue weighted by Crippen LogP contribution is 2.24. The second-order valence-electron chi connectivity index (χ2n) is 7.85. The van der Waals surface area contributed by atoms with Crippen LogP contribution in [-0.4, -0.2) is 43.5 Å². The van der Waals surface area contributed by atoms with Crippen LogP contribution in [-0.2, 0) is 17.8 Å². The molecular weight excluding hydrogens is 523 g/mol. The molecule has 0 bridgehead atoms. The summed E-state index contributed by atoms with van der Waals surface area (Å²) in [5.41, 5.74) is 6.58. The van der Waals surface area contributed by atoms with Crippen molar-refractivity contribution in [2.24, 2.45) is 22.6 Å². The molecule has 0 aliphatic carbocycles. The molecule has 7 nitrogen and oxygen atoms in total. The minimum absolute atomic E-state index is 0. The number of thiophene rings is 1. The van der Waals surface area contributed by atoms with Crippen molar-refractivity contribution >= 4 is 53.0 Å². The minimum atomic E-state index is -0.194. The molecule has 3 rings (SSSR count). The molecule has 2 aromatic heterocycles. The molecule has 4 N–H and O–H groups in total. The third-order valence-corrected chi connectivity index (χ3v) is 6.38. The van der Waals surface area contributed by atoms with Gasteiger partial charge in [0.1, 0.15) is 5.82 Å². The number of hydrogen-bond donors (Lipinski definition) is 3. The molecule has 1 fully saturated rings. The highest BCUT2D eigenvalue weighted by Gasteiger charge is 2.25. The lowest BCUT2D eigenvalue weighted by atomic mass is 9.96. The third-order valence-electron chi connectivity index (χ3n) is 5.48. The lowest BCUT2D eigenvalue weighted by Crippen LogP contribution is -2.41. The number of primary amides is 1. The number of hydrogen-bond acceptors (Lipinski definition) is 5. The normalized spacial score (nSPS) is 15.8. The molecule has 0 radical (unpaired) electrons. The molecule has 170 valence electrons. The van der Waals surface area contributed by atoms with E-state index in [0.717, 1.165) is 56.2 Å². The Kier molecular flexibility index (Phi) is 10.5. The van der Waals surface area contributed by atoms with Crippen molar-refractivity contribution in [3.05, 3.63) is 46.3 Å². The van der Waals surface area contributed by atoms with Gasteiger partial charge in [0, 0.05) is 55.8 Å². The highest BCUT2D eigenvalue weighted by atomic mass is 127. The lowest BCUT2D eigenvalue weighted by molar-refractivity contribution is -0.122. The molecule has 31 heavy (non-hydrogen) atoms. The van der Waals surface area contributed by atoms with Crippen LogP contribution in [0.25, 0.3) is 0 Å². The van der Waals surface area contributed by atoms with E-state index in [1.54, 1.807) is 18.4 Å². The SMILES string of the molecule is CN=C(NCc1cccnc1N1CCC(C(N)=O)CC1)NCC(C)Cc1cccs1.I. The Hall–Kier alpha value is -1.88. The summed E-state index contributed by atoms with van der Waals surface area (Å²) in [6.07, 6.45) is 4.45. The third kappa shape index (κ3) is 7.64. The summed E-state index contributed by atoms with van der Waals surface area (Å²) in [4.78, 5) is 24.0. The number of guanidine groups is 1. The number of pyridine rings is 1. The lowest BCUT2D eigenvalue weighted by Gasteiger charge is -2.32. The quantitative estimate of drug-likeness (QED) is 0.264. The first kappa shape index (κ1) is 25.4. The standard InChI is InChI=1S/C22H32N6OS.HI/c1-16(13-19-6-4-12-30-19)14-26-22(24-2)27-15-18-5-3-9-25-21(18)28-10-7-17(8-11-28)20(23)29;/h3-6,9,12,16-17H,7-8,10-11,13-15H2,1-2H3,(H2,23,29)(H2,24,26,27);1H. The van der Waals surface area contributed by atoms with E-state index in [0.29, 0.717) is 12.5 Å². The summed E-state index contributed by atoms with van der Waals surface area (Å²) < 4.78 is 0. The van der Waals surface area contributed by atoms with Crippen LogP contribution in [0.3, 0.4) is 0 Å². The molecule has 3 heterocycles. The second-order valence-corrected chi connectivity index (χ2v) is 8.88. The van der Waals surface area contributed by atoms with Gasteiger partial charge >= 0.3 is 0 Å². The summed E-state index contributed by atoms with van der Waals surface area (Å²) in [6.45, 7) is 5.33. The molecule has 2 aromatic rings. The first-order chi connectivity index (χ1) is 14.6. The molecule has 1 unspecified atom stereocenters. The Morgan fingerprint density at radius 1 is 1.32 bits per heavy atom. The van der Waals surface area contributed by atoms with Gasteiger partial charge in [0.15, 0.2) is 5.96 Å². The fourth-order valence-corrected chi connectivity index (χ4v) is 4.61. The fraction of sp³-hybridized carbons (Fsp3) is 0.500. The number of nitrogens with two attached hydrogens (primary N) is 1. The molecule has 1 amide bonds. The van der Waals surface area contributed by atoms with E-state index in [-0.39, 0.29) is 35.8 Å². The van der Waals surface area contributed by atoms with Gasteiger partial charge in [-0.3, -0.25) is 9.79 Å². The van der Waals surface area contributed by atoms with Gasteiger partial charge in [-0.25, -0.2) is 4.98 Å². The Morgan fingerprint density at radius 2 is 2.10 bits per heavy atom. The smallest absolute Gasteiger partial charge is 0.220 e. The molecule has 1 atom stereocenters. The zero-order valence-corrected chi connectivity index (χ0v) is 21.4. The van der Waals surface area contributed by atoms with E-state index in [1.165, 1.54) is 4.88 Å². The fourth-order valence-electron chi connectivity index (χ4n) is 3.74. The molecule has 1 aliphatic rings. The Labute approximate surface area is 205 Å². The molecule has 0 saturated carbocycles. The number of aliphatic imine (C=N–C) groups is 1. The molecule has 1 aliphatic heterocycles. The van der Waals surface area contributed by atoms with Gasteiger partial charge < -0.3 is 21.3 Å². The highest BCUT2D eigenvalue weighted by molar-refractivity contribution is 14.0. The number of aromatic nitrogens is 1. The number of carbonyl (C=O) groups is 1. The first-order valence-corrected chi connectivity index (χ1v) is 11.4. The van der Waals surface area contributed by atoms with Crippen LogP contribution in [0.5, 0.6) is 0 Å². The number of rotatable bonds is 8. The van der Waals surface area contributed by atoms with Gasteiger partial charge in [-0.05, 0) is 42.7 Å². The van der Waals surface area contributed by atoms with Crippen molar-refractivity contribution in [2.75, 3.05) is 31.6 Å². The maximum Gasteiger partial charge on any atom is 0.220 e. The van der Waals surface area contributed by atoms with Crippen molar-refractivity contribution in [3.8, 4) is 0 Å². The average Bonchev–Trinajstić information content (AvgIpc) is 3.27. The van der Waals surface area contributed by atoms with Crippen molar-refractivity contribution in [1.82, 2.24) is 15.6 Å². The summed E-state index contributed by atoms with van der Waals surface area (Å²) in [5, 5.41) is 8.96. The molecular formula is C22H33IN6OS. The number of amides is 1. The predicted octanol–water partition coefficient (Wildman–Crippen LogP) is 3.01. The van der Waals surface area contributed by atoms with Gasteiger partial charge in [0.25, 0.3) is 0 Å². The Balaban J connectivity index is 0.00000341. The average molecular weight is 557 g/mol. The number of carbonyl (C=O) groups excluding carboxylic acids is 1. The minimum Gasteiger partial charge on any atom is -0.369 e. The maximum atomic E-state index is 11.4. The van der Waals surface area contributed by atoms with Gasteiger partial charge in [-0.2, -0.15) is 0 Å². The van der Waals surface area contributed by atoms with E-state index in [4.69, 9.17) is 5.73 Å². The zero-order chi connectivity index (χ0) is 21.3. The van der Waals surface area contributed by atoms with Crippen LogP contribution >= 0.6 is 35.3 Å². The molecule has 0 aromatic carbocycles. The van der Waals surface area contributed by atoms with Gasteiger partial charge in [0.2, 0.25) is 5.91 Å². The van der Waals surface area contributed by atoms with Crippen LogP contribution in [0.15, 0.2) is 40.8 Å². The first-order valence-electron chi connectivity index (χ1n) is 10.5.